The summed E-state index contributed by atoms with van der Waals surface area (Å²) in [7, 11) is 3.09. The van der Waals surface area contributed by atoms with E-state index in [-0.39, 0.29) is 12.5 Å². The standard InChI is InChI=1S/C19H26N2O6/c1-25-15-9-7-13(11-16(15)26-2)8-10-18(23)27-12-17(22)21-19(24)20-14-5-3-4-6-14/h7,9,11,14H,3-6,8,10,12H2,1-2H3,(H2,20,21,22,24). The van der Waals surface area contributed by atoms with Gasteiger partial charge in [0.05, 0.1) is 14.2 Å². The number of rotatable bonds is 8. The molecule has 8 heteroatoms. The summed E-state index contributed by atoms with van der Waals surface area (Å²) in [6.45, 7) is -0.483. The number of amides is 3. The maximum Gasteiger partial charge on any atom is 0.321 e. The summed E-state index contributed by atoms with van der Waals surface area (Å²) >= 11 is 0. The molecule has 0 unspecified atom stereocenters. The van der Waals surface area contributed by atoms with Crippen molar-refractivity contribution in [3.8, 4) is 11.5 Å². The molecule has 0 aromatic heterocycles. The second-order valence-corrected chi connectivity index (χ2v) is 6.35. The summed E-state index contributed by atoms with van der Waals surface area (Å²) in [5, 5.41) is 4.90. The Balaban J connectivity index is 1.68. The molecule has 2 rings (SSSR count). The molecule has 1 aliphatic rings. The summed E-state index contributed by atoms with van der Waals surface area (Å²) in [6, 6.07) is 4.94. The van der Waals surface area contributed by atoms with E-state index in [4.69, 9.17) is 14.2 Å². The Labute approximate surface area is 158 Å². The van der Waals surface area contributed by atoms with Crippen molar-refractivity contribution in [1.82, 2.24) is 10.6 Å². The quantitative estimate of drug-likeness (QED) is 0.670. The third-order valence-corrected chi connectivity index (χ3v) is 4.37. The molecule has 8 nitrogen and oxygen atoms in total. The van der Waals surface area contributed by atoms with E-state index in [0.29, 0.717) is 17.9 Å². The summed E-state index contributed by atoms with van der Waals surface area (Å²) in [6.07, 6.45) is 4.55. The Hall–Kier alpha value is -2.77. The van der Waals surface area contributed by atoms with Gasteiger partial charge in [-0.2, -0.15) is 0 Å². The van der Waals surface area contributed by atoms with Crippen molar-refractivity contribution in [2.75, 3.05) is 20.8 Å². The molecule has 0 radical (unpaired) electrons. The molecule has 2 N–H and O–H groups in total. The van der Waals surface area contributed by atoms with Crippen LogP contribution in [0.3, 0.4) is 0 Å². The highest BCUT2D eigenvalue weighted by molar-refractivity contribution is 5.95. The number of methoxy groups -OCH3 is 2. The first-order valence-electron chi connectivity index (χ1n) is 8.98. The number of nitrogens with one attached hydrogen (secondary N) is 2. The predicted molar refractivity (Wildman–Crippen MR) is 97.8 cm³/mol. The number of benzene rings is 1. The van der Waals surface area contributed by atoms with Crippen molar-refractivity contribution in [3.05, 3.63) is 23.8 Å². The molecule has 1 aromatic carbocycles. The Morgan fingerprint density at radius 1 is 1.07 bits per heavy atom. The molecule has 1 saturated carbocycles. The number of imide groups is 1. The van der Waals surface area contributed by atoms with Gasteiger partial charge in [-0.15, -0.1) is 0 Å². The van der Waals surface area contributed by atoms with Crippen LogP contribution in [0.25, 0.3) is 0 Å². The highest BCUT2D eigenvalue weighted by atomic mass is 16.5. The molecule has 0 aliphatic heterocycles. The monoisotopic (exact) mass is 378 g/mol. The lowest BCUT2D eigenvalue weighted by Gasteiger charge is -2.12. The molecule has 0 atom stereocenters. The second kappa shape index (κ2) is 10.4. The number of ether oxygens (including phenoxy) is 3. The van der Waals surface area contributed by atoms with Gasteiger partial charge in [0, 0.05) is 12.5 Å². The number of aryl methyl sites for hydroxylation is 1. The van der Waals surface area contributed by atoms with E-state index >= 15 is 0 Å². The Kier molecular flexibility index (Phi) is 7.91. The number of carbonyl (C=O) groups excluding carboxylic acids is 3. The first-order chi connectivity index (χ1) is 13.0. The van der Waals surface area contributed by atoms with Crippen LogP contribution >= 0.6 is 0 Å². The normalized spacial score (nSPS) is 13.7. The van der Waals surface area contributed by atoms with Gasteiger partial charge < -0.3 is 19.5 Å². The molecule has 1 aromatic rings. The van der Waals surface area contributed by atoms with Crippen LogP contribution in [0.4, 0.5) is 4.79 Å². The van der Waals surface area contributed by atoms with Crippen molar-refractivity contribution >= 4 is 17.9 Å². The molecule has 27 heavy (non-hydrogen) atoms. The zero-order valence-corrected chi connectivity index (χ0v) is 15.7. The number of carbonyl (C=O) groups is 3. The van der Waals surface area contributed by atoms with Crippen LogP contribution in [0.2, 0.25) is 0 Å². The van der Waals surface area contributed by atoms with E-state index in [2.05, 4.69) is 10.6 Å². The van der Waals surface area contributed by atoms with Gasteiger partial charge in [0.25, 0.3) is 5.91 Å². The number of hydrogen-bond donors (Lipinski definition) is 2. The number of hydrogen-bond acceptors (Lipinski definition) is 6. The average molecular weight is 378 g/mol. The summed E-state index contributed by atoms with van der Waals surface area (Å²) in [5.74, 6) is 0.0218. The van der Waals surface area contributed by atoms with Crippen LogP contribution in [0.1, 0.15) is 37.7 Å². The lowest BCUT2D eigenvalue weighted by Crippen LogP contribution is -2.45. The van der Waals surface area contributed by atoms with Crippen molar-refractivity contribution in [2.45, 2.75) is 44.6 Å². The Morgan fingerprint density at radius 3 is 2.44 bits per heavy atom. The van der Waals surface area contributed by atoms with E-state index in [9.17, 15) is 14.4 Å². The topological polar surface area (TPSA) is 103 Å². The van der Waals surface area contributed by atoms with Gasteiger partial charge in [0.2, 0.25) is 0 Å². The fourth-order valence-electron chi connectivity index (χ4n) is 2.96. The molecular formula is C19H26N2O6. The fraction of sp³-hybridized carbons (Fsp3) is 0.526. The Morgan fingerprint density at radius 2 is 1.78 bits per heavy atom. The number of urea groups is 1. The molecule has 1 fully saturated rings. The maximum absolute atomic E-state index is 11.8. The zero-order valence-electron chi connectivity index (χ0n) is 15.7. The van der Waals surface area contributed by atoms with Crippen LogP contribution in [0.5, 0.6) is 11.5 Å². The highest BCUT2D eigenvalue weighted by Crippen LogP contribution is 2.28. The van der Waals surface area contributed by atoms with Crippen LogP contribution in [0, 0.1) is 0 Å². The largest absolute Gasteiger partial charge is 0.493 e. The smallest absolute Gasteiger partial charge is 0.321 e. The molecule has 0 spiro atoms. The van der Waals surface area contributed by atoms with E-state index in [1.54, 1.807) is 19.2 Å². The Bertz CT molecular complexity index is 670. The minimum absolute atomic E-state index is 0.108. The zero-order chi connectivity index (χ0) is 19.6. The first-order valence-corrected chi connectivity index (χ1v) is 8.98. The summed E-state index contributed by atoms with van der Waals surface area (Å²) < 4.78 is 15.3. The van der Waals surface area contributed by atoms with Crippen LogP contribution in [-0.2, 0) is 20.7 Å². The molecule has 148 valence electrons. The van der Waals surface area contributed by atoms with E-state index in [1.165, 1.54) is 7.11 Å². The average Bonchev–Trinajstić information content (AvgIpc) is 3.17. The van der Waals surface area contributed by atoms with Gasteiger partial charge in [-0.1, -0.05) is 18.9 Å². The third kappa shape index (κ3) is 6.80. The molecular weight excluding hydrogens is 352 g/mol. The van der Waals surface area contributed by atoms with Crippen molar-refractivity contribution in [3.63, 3.8) is 0 Å². The molecule has 0 heterocycles. The van der Waals surface area contributed by atoms with Crippen molar-refractivity contribution in [1.29, 1.82) is 0 Å². The van der Waals surface area contributed by atoms with Crippen molar-refractivity contribution in [2.24, 2.45) is 0 Å². The highest BCUT2D eigenvalue weighted by Gasteiger charge is 2.18. The van der Waals surface area contributed by atoms with Gasteiger partial charge >= 0.3 is 12.0 Å². The molecule has 3 amide bonds. The SMILES string of the molecule is COc1ccc(CCC(=O)OCC(=O)NC(=O)NC2CCCC2)cc1OC. The van der Waals surface area contributed by atoms with Gasteiger partial charge in [0.15, 0.2) is 18.1 Å². The van der Waals surface area contributed by atoms with Gasteiger partial charge in [-0.3, -0.25) is 14.9 Å². The van der Waals surface area contributed by atoms with Gasteiger partial charge in [-0.25, -0.2) is 4.79 Å². The second-order valence-electron chi connectivity index (χ2n) is 6.35. The predicted octanol–water partition coefficient (Wildman–Crippen LogP) is 1.95. The summed E-state index contributed by atoms with van der Waals surface area (Å²) in [4.78, 5) is 35.2. The van der Waals surface area contributed by atoms with E-state index in [0.717, 1.165) is 31.2 Å². The maximum atomic E-state index is 11.8. The summed E-state index contributed by atoms with van der Waals surface area (Å²) in [5.41, 5.74) is 0.880. The van der Waals surface area contributed by atoms with Crippen molar-refractivity contribution < 1.29 is 28.6 Å². The first kappa shape index (κ1) is 20.5. The molecule has 1 aliphatic carbocycles. The minimum Gasteiger partial charge on any atom is -0.493 e. The van der Waals surface area contributed by atoms with E-state index < -0.39 is 24.5 Å². The lowest BCUT2D eigenvalue weighted by molar-refractivity contribution is -0.148. The molecule has 0 saturated heterocycles. The van der Waals surface area contributed by atoms with E-state index in [1.807, 2.05) is 6.07 Å². The number of esters is 1. The minimum atomic E-state index is -0.648. The van der Waals surface area contributed by atoms with Gasteiger partial charge in [-0.05, 0) is 37.0 Å². The van der Waals surface area contributed by atoms with Crippen LogP contribution in [-0.4, -0.2) is 44.8 Å². The lowest BCUT2D eigenvalue weighted by atomic mass is 10.1. The third-order valence-electron chi connectivity index (χ3n) is 4.37. The fourth-order valence-corrected chi connectivity index (χ4v) is 2.96. The van der Waals surface area contributed by atoms with Gasteiger partial charge in [0.1, 0.15) is 0 Å². The van der Waals surface area contributed by atoms with Crippen LogP contribution < -0.4 is 20.1 Å². The molecule has 0 bridgehead atoms. The van der Waals surface area contributed by atoms with Crippen LogP contribution in [0.15, 0.2) is 18.2 Å².